The molecule has 0 aromatic heterocycles. The fourth-order valence-corrected chi connectivity index (χ4v) is 4.11. The van der Waals surface area contributed by atoms with Crippen LogP contribution in [0.3, 0.4) is 0 Å². The molecule has 1 aliphatic heterocycles. The van der Waals surface area contributed by atoms with E-state index in [4.69, 9.17) is 23.2 Å². The second-order valence-electron chi connectivity index (χ2n) is 5.80. The van der Waals surface area contributed by atoms with E-state index in [0.717, 1.165) is 5.56 Å². The Morgan fingerprint density at radius 2 is 2.00 bits per heavy atom. The molecule has 2 rings (SSSR count). The summed E-state index contributed by atoms with van der Waals surface area (Å²) < 4.78 is 25.1. The summed E-state index contributed by atoms with van der Waals surface area (Å²) in [7, 11) is -0.326. The van der Waals surface area contributed by atoms with Crippen molar-refractivity contribution in [2.45, 2.75) is 12.6 Å². The number of rotatable bonds is 5. The van der Waals surface area contributed by atoms with Crippen molar-refractivity contribution in [2.75, 3.05) is 32.9 Å². The molecule has 0 radical (unpaired) electrons. The van der Waals surface area contributed by atoms with E-state index < -0.39 is 16.1 Å². The molecule has 1 N–H and O–H groups in total. The Hall–Kier alpha value is -0.370. The monoisotopic (exact) mass is 366 g/mol. The van der Waals surface area contributed by atoms with E-state index >= 15 is 0 Å². The highest BCUT2D eigenvalue weighted by Gasteiger charge is 2.35. The third kappa shape index (κ3) is 4.13. The van der Waals surface area contributed by atoms with Crippen LogP contribution in [0.1, 0.15) is 5.56 Å². The van der Waals surface area contributed by atoms with Gasteiger partial charge in [-0.3, -0.25) is 4.90 Å². The van der Waals surface area contributed by atoms with Crippen LogP contribution in [-0.4, -0.2) is 61.8 Å². The number of aliphatic hydroxyl groups is 1. The van der Waals surface area contributed by atoms with E-state index in [1.807, 2.05) is 17.0 Å². The molecule has 2 atom stereocenters. The molecule has 1 aromatic rings. The molecule has 1 aliphatic rings. The lowest BCUT2D eigenvalue weighted by molar-refractivity contribution is 0.148. The Labute approximate surface area is 141 Å². The second-order valence-corrected chi connectivity index (χ2v) is 8.81. The first-order valence-electron chi connectivity index (χ1n) is 6.94. The summed E-state index contributed by atoms with van der Waals surface area (Å²) >= 11 is 12.2. The van der Waals surface area contributed by atoms with Gasteiger partial charge >= 0.3 is 0 Å². The van der Waals surface area contributed by atoms with Gasteiger partial charge in [0.15, 0.2) is 0 Å². The number of aliphatic hydroxyl groups excluding tert-OH is 1. The molecule has 1 aromatic carbocycles. The van der Waals surface area contributed by atoms with Crippen LogP contribution in [0.15, 0.2) is 18.2 Å². The normalized spacial score (nSPS) is 23.4. The van der Waals surface area contributed by atoms with Crippen LogP contribution >= 0.6 is 23.2 Å². The zero-order valence-electron chi connectivity index (χ0n) is 12.5. The van der Waals surface area contributed by atoms with Gasteiger partial charge in [0.25, 0.3) is 0 Å². The predicted molar refractivity (Wildman–Crippen MR) is 88.7 cm³/mol. The van der Waals surface area contributed by atoms with Gasteiger partial charge in [0.2, 0.25) is 10.0 Å². The average Bonchev–Trinajstić information content (AvgIpc) is 2.74. The summed E-state index contributed by atoms with van der Waals surface area (Å²) in [5, 5.41) is 11.1. The van der Waals surface area contributed by atoms with Gasteiger partial charge in [-0.1, -0.05) is 35.3 Å². The van der Waals surface area contributed by atoms with Gasteiger partial charge in [-0.25, -0.2) is 12.7 Å². The van der Waals surface area contributed by atoms with Gasteiger partial charge < -0.3 is 5.11 Å². The molecule has 0 spiro atoms. The standard InChI is InChI=1S/C14H20Cl2N2O3S/c1-17(2)22(20,21)9-11-7-18(8-13(11)19)6-10-4-3-5-12(15)14(10)16/h3-5,11,13,19H,6-9H2,1-2H3/t11-,13+/m0/s1. The van der Waals surface area contributed by atoms with Crippen molar-refractivity contribution in [2.24, 2.45) is 5.92 Å². The maximum Gasteiger partial charge on any atom is 0.214 e. The minimum atomic E-state index is -3.33. The van der Waals surface area contributed by atoms with E-state index in [9.17, 15) is 13.5 Å². The summed E-state index contributed by atoms with van der Waals surface area (Å²) in [4.78, 5) is 2.00. The first-order chi connectivity index (χ1) is 10.2. The highest BCUT2D eigenvalue weighted by Crippen LogP contribution is 2.28. The van der Waals surface area contributed by atoms with Crippen LogP contribution in [0.4, 0.5) is 0 Å². The van der Waals surface area contributed by atoms with Crippen LogP contribution in [0.2, 0.25) is 10.0 Å². The fraction of sp³-hybridized carbons (Fsp3) is 0.571. The molecule has 8 heteroatoms. The summed E-state index contributed by atoms with van der Waals surface area (Å²) in [5.74, 6) is -0.355. The third-order valence-electron chi connectivity index (χ3n) is 3.89. The largest absolute Gasteiger partial charge is 0.391 e. The van der Waals surface area contributed by atoms with Crippen molar-refractivity contribution >= 4 is 33.2 Å². The quantitative estimate of drug-likeness (QED) is 0.860. The number of β-amino-alcohol motifs (C(OH)–C–C–N with tert-alkyl or cyclic N) is 1. The molecule has 5 nitrogen and oxygen atoms in total. The first kappa shape index (κ1) is 18.0. The van der Waals surface area contributed by atoms with Gasteiger partial charge in [-0.15, -0.1) is 0 Å². The molecule has 1 fully saturated rings. The maximum atomic E-state index is 12.0. The molecule has 0 amide bonds. The molecular formula is C14H20Cl2N2O3S. The van der Waals surface area contributed by atoms with Gasteiger partial charge in [-0.2, -0.15) is 0 Å². The Bertz CT molecular complexity index is 637. The number of hydrogen-bond donors (Lipinski definition) is 1. The van der Waals surface area contributed by atoms with Crippen molar-refractivity contribution in [3.63, 3.8) is 0 Å². The van der Waals surface area contributed by atoms with E-state index in [2.05, 4.69) is 0 Å². The smallest absolute Gasteiger partial charge is 0.214 e. The molecule has 0 aliphatic carbocycles. The summed E-state index contributed by atoms with van der Waals surface area (Å²) in [6.45, 7) is 1.47. The minimum absolute atomic E-state index is 0.0546. The lowest BCUT2D eigenvalue weighted by atomic mass is 10.1. The van der Waals surface area contributed by atoms with Gasteiger partial charge in [0, 0.05) is 39.6 Å². The first-order valence-corrected chi connectivity index (χ1v) is 9.30. The van der Waals surface area contributed by atoms with Gasteiger partial charge in [-0.05, 0) is 11.6 Å². The number of sulfonamides is 1. The lowest BCUT2D eigenvalue weighted by Gasteiger charge is -2.18. The second kappa shape index (κ2) is 7.03. The molecule has 1 saturated heterocycles. The van der Waals surface area contributed by atoms with Crippen molar-refractivity contribution < 1.29 is 13.5 Å². The zero-order valence-corrected chi connectivity index (χ0v) is 14.9. The van der Waals surface area contributed by atoms with E-state index in [-0.39, 0.29) is 11.7 Å². The Morgan fingerprint density at radius 1 is 1.32 bits per heavy atom. The molecule has 0 unspecified atom stereocenters. The minimum Gasteiger partial charge on any atom is -0.391 e. The van der Waals surface area contributed by atoms with Crippen LogP contribution in [0.25, 0.3) is 0 Å². The summed E-state index contributed by atoms with van der Waals surface area (Å²) in [5.41, 5.74) is 0.873. The topological polar surface area (TPSA) is 60.9 Å². The highest BCUT2D eigenvalue weighted by atomic mass is 35.5. The van der Waals surface area contributed by atoms with Gasteiger partial charge in [0.05, 0.1) is 21.9 Å². The molecular weight excluding hydrogens is 347 g/mol. The SMILES string of the molecule is CN(C)S(=O)(=O)C[C@@H]1CN(Cc2cccc(Cl)c2Cl)C[C@H]1O. The Morgan fingerprint density at radius 3 is 2.64 bits per heavy atom. The maximum absolute atomic E-state index is 12.0. The van der Waals surface area contributed by atoms with Crippen LogP contribution < -0.4 is 0 Å². The molecule has 0 saturated carbocycles. The van der Waals surface area contributed by atoms with Gasteiger partial charge in [0.1, 0.15) is 0 Å². The van der Waals surface area contributed by atoms with Crippen molar-refractivity contribution in [1.82, 2.24) is 9.21 Å². The van der Waals surface area contributed by atoms with Crippen LogP contribution in [0, 0.1) is 5.92 Å². The predicted octanol–water partition coefficient (Wildman–Crippen LogP) is 1.68. The van der Waals surface area contributed by atoms with E-state index in [0.29, 0.717) is 29.7 Å². The number of likely N-dealkylation sites (tertiary alicyclic amines) is 1. The van der Waals surface area contributed by atoms with E-state index in [1.165, 1.54) is 18.4 Å². The summed E-state index contributed by atoms with van der Waals surface area (Å²) in [6.07, 6.45) is -0.660. The molecule has 22 heavy (non-hydrogen) atoms. The zero-order chi connectivity index (χ0) is 16.5. The van der Waals surface area contributed by atoms with Crippen molar-refractivity contribution in [3.05, 3.63) is 33.8 Å². The van der Waals surface area contributed by atoms with Crippen LogP contribution in [0.5, 0.6) is 0 Å². The number of hydrogen-bond acceptors (Lipinski definition) is 4. The number of nitrogens with zero attached hydrogens (tertiary/aromatic N) is 2. The number of halogens is 2. The molecule has 124 valence electrons. The third-order valence-corrected chi connectivity index (χ3v) is 6.71. The highest BCUT2D eigenvalue weighted by molar-refractivity contribution is 7.89. The Balaban J connectivity index is 2.03. The fourth-order valence-electron chi connectivity index (χ4n) is 2.57. The van der Waals surface area contributed by atoms with Crippen molar-refractivity contribution in [3.8, 4) is 0 Å². The lowest BCUT2D eigenvalue weighted by Crippen LogP contribution is -2.33. The van der Waals surface area contributed by atoms with E-state index in [1.54, 1.807) is 6.07 Å². The Kier molecular flexibility index (Phi) is 5.74. The van der Waals surface area contributed by atoms with Crippen LogP contribution in [-0.2, 0) is 16.6 Å². The molecule has 1 heterocycles. The summed E-state index contributed by atoms with van der Waals surface area (Å²) in [6, 6.07) is 5.42. The molecule has 0 bridgehead atoms. The average molecular weight is 367 g/mol. The number of benzene rings is 1. The van der Waals surface area contributed by atoms with Crippen molar-refractivity contribution in [1.29, 1.82) is 0 Å².